The summed E-state index contributed by atoms with van der Waals surface area (Å²) in [5.41, 5.74) is 7.31. The first-order valence-corrected chi connectivity index (χ1v) is 7.40. The van der Waals surface area contributed by atoms with Gasteiger partial charge in [-0.25, -0.2) is 0 Å². The number of rotatable bonds is 4. The quantitative estimate of drug-likeness (QED) is 0.820. The molecule has 1 aromatic heterocycles. The summed E-state index contributed by atoms with van der Waals surface area (Å²) >= 11 is 7.04. The summed E-state index contributed by atoms with van der Waals surface area (Å²) in [6.07, 6.45) is 4.30. The van der Waals surface area contributed by atoms with Gasteiger partial charge in [-0.1, -0.05) is 12.2 Å². The van der Waals surface area contributed by atoms with Crippen molar-refractivity contribution < 1.29 is 0 Å². The van der Waals surface area contributed by atoms with Gasteiger partial charge in [-0.15, -0.1) is 0 Å². The van der Waals surface area contributed by atoms with Crippen molar-refractivity contribution in [3.63, 3.8) is 0 Å². The molecule has 0 radical (unpaired) electrons. The second-order valence-electron chi connectivity index (χ2n) is 4.20. The number of nitrogens with zero attached hydrogens (tertiary/aromatic N) is 1. The first-order chi connectivity index (χ1) is 8.27. The third kappa shape index (κ3) is 3.57. The lowest BCUT2D eigenvalue weighted by molar-refractivity contribution is 0.516. The van der Waals surface area contributed by atoms with Gasteiger partial charge in [0.05, 0.1) is 5.69 Å². The topological polar surface area (TPSA) is 50.9 Å². The molecule has 1 aromatic rings. The summed E-state index contributed by atoms with van der Waals surface area (Å²) in [4.78, 5) is 4.56. The standard InChI is InChI=1S/C12H17N3S2/c13-12(16)11-10(2-1-5-14-11)15-8-9-3-6-17-7-4-9/h1-2,5,9,15H,3-4,6-8H2,(H2,13,16). The number of nitrogens with one attached hydrogen (secondary N) is 1. The minimum Gasteiger partial charge on any atom is -0.388 e. The highest BCUT2D eigenvalue weighted by molar-refractivity contribution is 7.99. The summed E-state index contributed by atoms with van der Waals surface area (Å²) in [5, 5.41) is 3.43. The fourth-order valence-electron chi connectivity index (χ4n) is 1.95. The van der Waals surface area contributed by atoms with Gasteiger partial charge < -0.3 is 11.1 Å². The SMILES string of the molecule is NC(=S)c1ncccc1NCC1CCSCC1. The third-order valence-corrected chi connectivity index (χ3v) is 4.21. The monoisotopic (exact) mass is 267 g/mol. The van der Waals surface area contributed by atoms with E-state index < -0.39 is 0 Å². The molecular weight excluding hydrogens is 250 g/mol. The molecule has 1 saturated heterocycles. The van der Waals surface area contributed by atoms with Crippen LogP contribution in [0.1, 0.15) is 18.5 Å². The molecule has 0 bridgehead atoms. The van der Waals surface area contributed by atoms with E-state index in [1.54, 1.807) is 6.20 Å². The van der Waals surface area contributed by atoms with E-state index in [2.05, 4.69) is 10.3 Å². The predicted octanol–water partition coefficient (Wildman–Crippen LogP) is 2.27. The van der Waals surface area contributed by atoms with Gasteiger partial charge in [0.2, 0.25) is 0 Å². The average molecular weight is 267 g/mol. The molecule has 0 unspecified atom stereocenters. The summed E-state index contributed by atoms with van der Waals surface area (Å²) in [6.45, 7) is 0.988. The fourth-order valence-corrected chi connectivity index (χ4v) is 3.32. The van der Waals surface area contributed by atoms with Crippen LogP contribution in [-0.4, -0.2) is 28.0 Å². The number of thioether (sulfide) groups is 1. The smallest absolute Gasteiger partial charge is 0.124 e. The van der Waals surface area contributed by atoms with Crippen LogP contribution in [0, 0.1) is 5.92 Å². The highest BCUT2D eigenvalue weighted by atomic mass is 32.2. The molecule has 3 N–H and O–H groups in total. The zero-order valence-corrected chi connectivity index (χ0v) is 11.3. The lowest BCUT2D eigenvalue weighted by Gasteiger charge is -2.22. The van der Waals surface area contributed by atoms with E-state index in [0.717, 1.165) is 18.2 Å². The van der Waals surface area contributed by atoms with Crippen molar-refractivity contribution >= 4 is 34.7 Å². The molecule has 3 nitrogen and oxygen atoms in total. The van der Waals surface area contributed by atoms with Crippen LogP contribution in [0.3, 0.4) is 0 Å². The van der Waals surface area contributed by atoms with Gasteiger partial charge in [0, 0.05) is 12.7 Å². The first kappa shape index (κ1) is 12.6. The first-order valence-electron chi connectivity index (χ1n) is 5.84. The summed E-state index contributed by atoms with van der Waals surface area (Å²) in [6, 6.07) is 3.89. The van der Waals surface area contributed by atoms with Crippen molar-refractivity contribution in [2.75, 3.05) is 23.4 Å². The van der Waals surface area contributed by atoms with E-state index in [1.807, 2.05) is 23.9 Å². The maximum atomic E-state index is 5.65. The Morgan fingerprint density at radius 2 is 2.29 bits per heavy atom. The second-order valence-corrected chi connectivity index (χ2v) is 5.87. The Balaban J connectivity index is 1.96. The molecule has 0 atom stereocenters. The number of nitrogens with two attached hydrogens (primary N) is 1. The molecule has 2 heterocycles. The zero-order valence-electron chi connectivity index (χ0n) is 9.69. The van der Waals surface area contributed by atoms with Crippen molar-refractivity contribution in [2.45, 2.75) is 12.8 Å². The van der Waals surface area contributed by atoms with Crippen LogP contribution in [0.5, 0.6) is 0 Å². The van der Waals surface area contributed by atoms with E-state index >= 15 is 0 Å². The number of anilines is 1. The normalized spacial score (nSPS) is 16.7. The van der Waals surface area contributed by atoms with E-state index in [4.69, 9.17) is 18.0 Å². The number of hydrogen-bond acceptors (Lipinski definition) is 4. The Labute approximate surface area is 112 Å². The molecule has 1 aliphatic rings. The molecular formula is C12H17N3S2. The van der Waals surface area contributed by atoms with Crippen LogP contribution in [0.25, 0.3) is 0 Å². The lowest BCUT2D eigenvalue weighted by atomic mass is 10.0. The summed E-state index contributed by atoms with van der Waals surface area (Å²) < 4.78 is 0. The number of thiocarbonyl (C=S) groups is 1. The van der Waals surface area contributed by atoms with Crippen molar-refractivity contribution in [2.24, 2.45) is 11.7 Å². The molecule has 0 aliphatic carbocycles. The van der Waals surface area contributed by atoms with Gasteiger partial charge in [-0.2, -0.15) is 11.8 Å². The van der Waals surface area contributed by atoms with Crippen molar-refractivity contribution in [3.05, 3.63) is 24.0 Å². The lowest BCUT2D eigenvalue weighted by Crippen LogP contribution is -2.21. The molecule has 92 valence electrons. The summed E-state index contributed by atoms with van der Waals surface area (Å²) in [7, 11) is 0. The largest absolute Gasteiger partial charge is 0.388 e. The Morgan fingerprint density at radius 1 is 1.53 bits per heavy atom. The van der Waals surface area contributed by atoms with Gasteiger partial charge in [-0.3, -0.25) is 4.98 Å². The van der Waals surface area contributed by atoms with Gasteiger partial charge in [0.15, 0.2) is 0 Å². The second kappa shape index (κ2) is 6.21. The van der Waals surface area contributed by atoms with Crippen molar-refractivity contribution in [1.82, 2.24) is 4.98 Å². The molecule has 0 aromatic carbocycles. The molecule has 2 rings (SSSR count). The average Bonchev–Trinajstić information content (AvgIpc) is 2.38. The Hall–Kier alpha value is -0.810. The van der Waals surface area contributed by atoms with Gasteiger partial charge in [0.1, 0.15) is 10.7 Å². The van der Waals surface area contributed by atoms with E-state index in [1.165, 1.54) is 24.3 Å². The van der Waals surface area contributed by atoms with E-state index in [0.29, 0.717) is 10.7 Å². The molecule has 1 fully saturated rings. The number of pyridine rings is 1. The van der Waals surface area contributed by atoms with Crippen LogP contribution in [-0.2, 0) is 0 Å². The highest BCUT2D eigenvalue weighted by Gasteiger charge is 2.14. The third-order valence-electron chi connectivity index (χ3n) is 2.96. The molecule has 0 saturated carbocycles. The number of aromatic nitrogens is 1. The van der Waals surface area contributed by atoms with Crippen LogP contribution < -0.4 is 11.1 Å². The van der Waals surface area contributed by atoms with E-state index in [-0.39, 0.29) is 0 Å². The van der Waals surface area contributed by atoms with Crippen molar-refractivity contribution in [3.8, 4) is 0 Å². The van der Waals surface area contributed by atoms with Crippen LogP contribution in [0.15, 0.2) is 18.3 Å². The number of hydrogen-bond donors (Lipinski definition) is 2. The van der Waals surface area contributed by atoms with Crippen molar-refractivity contribution in [1.29, 1.82) is 0 Å². The maximum absolute atomic E-state index is 5.65. The minimum absolute atomic E-state index is 0.354. The molecule has 0 spiro atoms. The van der Waals surface area contributed by atoms with Crippen LogP contribution in [0.4, 0.5) is 5.69 Å². The highest BCUT2D eigenvalue weighted by Crippen LogP contribution is 2.23. The van der Waals surface area contributed by atoms with Gasteiger partial charge >= 0.3 is 0 Å². The molecule has 17 heavy (non-hydrogen) atoms. The summed E-state index contributed by atoms with van der Waals surface area (Å²) in [5.74, 6) is 3.32. The molecule has 5 heteroatoms. The minimum atomic E-state index is 0.354. The van der Waals surface area contributed by atoms with E-state index in [9.17, 15) is 0 Å². The Morgan fingerprint density at radius 3 is 3.00 bits per heavy atom. The van der Waals surface area contributed by atoms with Gasteiger partial charge in [-0.05, 0) is 42.4 Å². The Kier molecular flexibility index (Phi) is 4.62. The molecule has 1 aliphatic heterocycles. The zero-order chi connectivity index (χ0) is 12.1. The Bertz CT molecular complexity index is 389. The van der Waals surface area contributed by atoms with Crippen LogP contribution in [0.2, 0.25) is 0 Å². The maximum Gasteiger partial charge on any atom is 0.124 e. The predicted molar refractivity (Wildman–Crippen MR) is 78.7 cm³/mol. The van der Waals surface area contributed by atoms with Crippen LogP contribution >= 0.6 is 24.0 Å². The van der Waals surface area contributed by atoms with Gasteiger partial charge in [0.25, 0.3) is 0 Å². The molecule has 0 amide bonds. The fraction of sp³-hybridized carbons (Fsp3) is 0.500.